The molecule has 5 nitrogen and oxygen atoms in total. The van der Waals surface area contributed by atoms with Gasteiger partial charge in [-0.1, -0.05) is 12.1 Å². The number of carboxylic acid groups (broad SMARTS) is 1. The van der Waals surface area contributed by atoms with Crippen molar-refractivity contribution in [1.82, 2.24) is 4.90 Å². The number of rotatable bonds is 5. The average molecular weight is 250 g/mol. The number of para-hydroxylation sites is 1. The quantitative estimate of drug-likeness (QED) is 0.855. The van der Waals surface area contributed by atoms with Crippen molar-refractivity contribution in [3.8, 4) is 0 Å². The molecule has 0 unspecified atom stereocenters. The number of carbonyl (C=O) groups is 2. The van der Waals surface area contributed by atoms with Gasteiger partial charge in [0.1, 0.15) is 0 Å². The molecule has 18 heavy (non-hydrogen) atoms. The van der Waals surface area contributed by atoms with E-state index in [4.69, 9.17) is 5.11 Å². The SMILES string of the molecule is CC(=O)N(CCN(C)C)c1ccccc1C(=O)O. The maximum absolute atomic E-state index is 11.6. The Morgan fingerprint density at radius 1 is 1.17 bits per heavy atom. The van der Waals surface area contributed by atoms with Crippen LogP contribution in [0.3, 0.4) is 0 Å². The van der Waals surface area contributed by atoms with E-state index in [0.717, 1.165) is 0 Å². The van der Waals surface area contributed by atoms with E-state index in [0.29, 0.717) is 18.8 Å². The van der Waals surface area contributed by atoms with Gasteiger partial charge in [0.05, 0.1) is 11.3 Å². The Morgan fingerprint density at radius 2 is 1.78 bits per heavy atom. The standard InChI is InChI=1S/C13H18N2O3/c1-10(16)15(9-8-14(2)3)12-7-5-4-6-11(12)13(17)18/h4-7H,8-9H2,1-3H3,(H,17,18). The molecule has 1 aromatic rings. The Balaban J connectivity index is 3.06. The minimum Gasteiger partial charge on any atom is -0.478 e. The van der Waals surface area contributed by atoms with E-state index in [1.165, 1.54) is 17.9 Å². The van der Waals surface area contributed by atoms with Crippen molar-refractivity contribution in [2.75, 3.05) is 32.1 Å². The normalized spacial score (nSPS) is 10.4. The van der Waals surface area contributed by atoms with Crippen LogP contribution in [0.2, 0.25) is 0 Å². The summed E-state index contributed by atoms with van der Waals surface area (Å²) in [5.74, 6) is -1.19. The second-order valence-corrected chi connectivity index (χ2v) is 4.30. The molecule has 0 fully saturated rings. The van der Waals surface area contributed by atoms with Gasteiger partial charge in [-0.3, -0.25) is 4.79 Å². The summed E-state index contributed by atoms with van der Waals surface area (Å²) < 4.78 is 0. The first-order valence-corrected chi connectivity index (χ1v) is 5.68. The first-order chi connectivity index (χ1) is 8.43. The van der Waals surface area contributed by atoms with Gasteiger partial charge in [-0.25, -0.2) is 4.79 Å². The lowest BCUT2D eigenvalue weighted by atomic mass is 10.1. The summed E-state index contributed by atoms with van der Waals surface area (Å²) >= 11 is 0. The molecular weight excluding hydrogens is 232 g/mol. The molecule has 0 saturated heterocycles. The molecule has 0 radical (unpaired) electrons. The number of likely N-dealkylation sites (N-methyl/N-ethyl adjacent to an activating group) is 1. The lowest BCUT2D eigenvalue weighted by Crippen LogP contribution is -2.36. The summed E-state index contributed by atoms with van der Waals surface area (Å²) in [5.41, 5.74) is 0.589. The van der Waals surface area contributed by atoms with Gasteiger partial charge in [-0.2, -0.15) is 0 Å². The van der Waals surface area contributed by atoms with E-state index in [2.05, 4.69) is 0 Å². The van der Waals surface area contributed by atoms with E-state index < -0.39 is 5.97 Å². The molecule has 1 amide bonds. The van der Waals surface area contributed by atoms with Crippen LogP contribution in [0, 0.1) is 0 Å². The number of aromatic carboxylic acids is 1. The molecule has 0 aliphatic carbocycles. The number of carbonyl (C=O) groups excluding carboxylic acids is 1. The molecule has 98 valence electrons. The van der Waals surface area contributed by atoms with Crippen LogP contribution in [0.4, 0.5) is 5.69 Å². The van der Waals surface area contributed by atoms with Crippen molar-refractivity contribution in [2.24, 2.45) is 0 Å². The summed E-state index contributed by atoms with van der Waals surface area (Å²) in [6.07, 6.45) is 0. The summed E-state index contributed by atoms with van der Waals surface area (Å²) in [5, 5.41) is 9.13. The van der Waals surface area contributed by atoms with Crippen LogP contribution >= 0.6 is 0 Å². The molecular formula is C13H18N2O3. The van der Waals surface area contributed by atoms with Gasteiger partial charge in [-0.05, 0) is 26.2 Å². The highest BCUT2D eigenvalue weighted by atomic mass is 16.4. The summed E-state index contributed by atoms with van der Waals surface area (Å²) in [4.78, 5) is 26.2. The zero-order valence-corrected chi connectivity index (χ0v) is 10.9. The second-order valence-electron chi connectivity index (χ2n) is 4.30. The van der Waals surface area contributed by atoms with Crippen molar-refractivity contribution in [3.05, 3.63) is 29.8 Å². The smallest absolute Gasteiger partial charge is 0.337 e. The monoisotopic (exact) mass is 250 g/mol. The van der Waals surface area contributed by atoms with Crippen molar-refractivity contribution in [3.63, 3.8) is 0 Å². The van der Waals surface area contributed by atoms with Gasteiger partial charge in [0.25, 0.3) is 0 Å². The maximum atomic E-state index is 11.6. The molecule has 0 atom stereocenters. The highest BCUT2D eigenvalue weighted by Gasteiger charge is 2.18. The lowest BCUT2D eigenvalue weighted by molar-refractivity contribution is -0.116. The number of carboxylic acids is 1. The topological polar surface area (TPSA) is 60.9 Å². The zero-order valence-electron chi connectivity index (χ0n) is 10.9. The lowest BCUT2D eigenvalue weighted by Gasteiger charge is -2.24. The number of amides is 1. The summed E-state index contributed by atoms with van der Waals surface area (Å²) in [6, 6.07) is 6.54. The highest BCUT2D eigenvalue weighted by molar-refractivity contribution is 6.01. The van der Waals surface area contributed by atoms with Gasteiger partial charge in [0, 0.05) is 20.0 Å². The van der Waals surface area contributed by atoms with Crippen molar-refractivity contribution < 1.29 is 14.7 Å². The van der Waals surface area contributed by atoms with Gasteiger partial charge in [0.2, 0.25) is 5.91 Å². The predicted octanol–water partition coefficient (Wildman–Crippen LogP) is 1.30. The summed E-state index contributed by atoms with van der Waals surface area (Å²) in [6.45, 7) is 2.58. The fourth-order valence-electron chi connectivity index (χ4n) is 1.64. The average Bonchev–Trinajstić information content (AvgIpc) is 2.28. The van der Waals surface area contributed by atoms with Crippen LogP contribution in [0.1, 0.15) is 17.3 Å². The van der Waals surface area contributed by atoms with Crippen LogP contribution in [0.15, 0.2) is 24.3 Å². The Kier molecular flexibility index (Phi) is 4.85. The van der Waals surface area contributed by atoms with E-state index >= 15 is 0 Å². The molecule has 0 heterocycles. The summed E-state index contributed by atoms with van der Waals surface area (Å²) in [7, 11) is 3.81. The van der Waals surface area contributed by atoms with E-state index in [9.17, 15) is 9.59 Å². The van der Waals surface area contributed by atoms with Crippen molar-refractivity contribution >= 4 is 17.6 Å². The van der Waals surface area contributed by atoms with Crippen molar-refractivity contribution in [2.45, 2.75) is 6.92 Å². The second kappa shape index (κ2) is 6.16. The predicted molar refractivity (Wildman–Crippen MR) is 70.0 cm³/mol. The largest absolute Gasteiger partial charge is 0.478 e. The maximum Gasteiger partial charge on any atom is 0.337 e. The molecule has 5 heteroatoms. The molecule has 1 aromatic carbocycles. The first kappa shape index (κ1) is 14.2. The highest BCUT2D eigenvalue weighted by Crippen LogP contribution is 2.20. The van der Waals surface area contributed by atoms with Gasteiger partial charge in [0.15, 0.2) is 0 Å². The van der Waals surface area contributed by atoms with Crippen LogP contribution in [-0.4, -0.2) is 49.1 Å². The van der Waals surface area contributed by atoms with Crippen LogP contribution in [0.25, 0.3) is 0 Å². The number of anilines is 1. The molecule has 1 N–H and O–H groups in total. The molecule has 0 saturated carbocycles. The number of hydrogen-bond donors (Lipinski definition) is 1. The fourth-order valence-corrected chi connectivity index (χ4v) is 1.64. The molecule has 0 aliphatic rings. The third-order valence-corrected chi connectivity index (χ3v) is 2.58. The number of benzene rings is 1. The fraction of sp³-hybridized carbons (Fsp3) is 0.385. The third kappa shape index (κ3) is 3.56. The van der Waals surface area contributed by atoms with E-state index in [-0.39, 0.29) is 11.5 Å². The van der Waals surface area contributed by atoms with E-state index in [1.54, 1.807) is 18.2 Å². The molecule has 1 rings (SSSR count). The Hall–Kier alpha value is -1.88. The van der Waals surface area contributed by atoms with E-state index in [1.807, 2.05) is 19.0 Å². The molecule has 0 spiro atoms. The first-order valence-electron chi connectivity index (χ1n) is 5.68. The zero-order chi connectivity index (χ0) is 13.7. The van der Waals surface area contributed by atoms with Crippen molar-refractivity contribution in [1.29, 1.82) is 0 Å². The van der Waals surface area contributed by atoms with Gasteiger partial charge < -0.3 is 14.9 Å². The number of nitrogens with zero attached hydrogens (tertiary/aromatic N) is 2. The Labute approximate surface area is 107 Å². The Morgan fingerprint density at radius 3 is 2.28 bits per heavy atom. The minimum absolute atomic E-state index is 0.145. The van der Waals surface area contributed by atoms with Crippen LogP contribution in [0.5, 0.6) is 0 Å². The van der Waals surface area contributed by atoms with Gasteiger partial charge >= 0.3 is 5.97 Å². The van der Waals surface area contributed by atoms with Gasteiger partial charge in [-0.15, -0.1) is 0 Å². The third-order valence-electron chi connectivity index (χ3n) is 2.58. The van der Waals surface area contributed by atoms with Crippen LogP contribution < -0.4 is 4.90 Å². The number of hydrogen-bond acceptors (Lipinski definition) is 3. The Bertz CT molecular complexity index is 444. The molecule has 0 bridgehead atoms. The molecule has 0 aromatic heterocycles. The molecule has 0 aliphatic heterocycles. The van der Waals surface area contributed by atoms with Crippen LogP contribution in [-0.2, 0) is 4.79 Å². The minimum atomic E-state index is -1.03.